The lowest BCUT2D eigenvalue weighted by Gasteiger charge is -2.40. The van der Waals surface area contributed by atoms with E-state index in [1.54, 1.807) is 12.1 Å². The summed E-state index contributed by atoms with van der Waals surface area (Å²) in [5.41, 5.74) is 4.68. The maximum Gasteiger partial charge on any atom is 0.490 e. The number of alkyl halides is 6. The van der Waals surface area contributed by atoms with E-state index >= 15 is 0 Å². The monoisotopic (exact) mass is 657 g/mol. The van der Waals surface area contributed by atoms with Gasteiger partial charge in [0.15, 0.2) is 0 Å². The molecular weight excluding hydrogens is 627 g/mol. The molecule has 0 saturated carbocycles. The maximum atomic E-state index is 13.5. The van der Waals surface area contributed by atoms with Gasteiger partial charge in [0.2, 0.25) is 5.91 Å². The first-order valence-electron chi connectivity index (χ1n) is 13.8. The normalized spacial score (nSPS) is 17.1. The highest BCUT2D eigenvalue weighted by Crippen LogP contribution is 2.50. The van der Waals surface area contributed by atoms with Crippen molar-refractivity contribution in [1.29, 1.82) is 0 Å². The van der Waals surface area contributed by atoms with Crippen molar-refractivity contribution in [3.63, 3.8) is 0 Å². The lowest BCUT2D eigenvalue weighted by molar-refractivity contribution is -0.193. The Morgan fingerprint density at radius 2 is 1.46 bits per heavy atom. The number of hydrogen-bond donors (Lipinski definition) is 3. The van der Waals surface area contributed by atoms with Crippen molar-refractivity contribution >= 4 is 17.8 Å². The number of benzene rings is 2. The van der Waals surface area contributed by atoms with E-state index in [4.69, 9.17) is 19.8 Å². The van der Waals surface area contributed by atoms with Crippen molar-refractivity contribution in [3.05, 3.63) is 101 Å². The molecular formula is C31H30F7N3O5. The number of fused-ring (bicyclic) bond motifs is 2. The number of hydrogen-bond acceptors (Lipinski definition) is 5. The summed E-state index contributed by atoms with van der Waals surface area (Å²) in [5.74, 6) is -5.88. The number of carbonyl (C=O) groups excluding carboxylic acids is 1. The number of amides is 1. The number of carboxylic acid groups (broad SMARTS) is 2. The summed E-state index contributed by atoms with van der Waals surface area (Å²) in [6, 6.07) is 19.0. The van der Waals surface area contributed by atoms with Gasteiger partial charge in [-0.1, -0.05) is 42.5 Å². The predicted molar refractivity (Wildman–Crippen MR) is 150 cm³/mol. The first-order chi connectivity index (χ1) is 21.5. The van der Waals surface area contributed by atoms with Gasteiger partial charge in [0, 0.05) is 24.4 Å². The minimum Gasteiger partial charge on any atom is -0.475 e. The van der Waals surface area contributed by atoms with Crippen LogP contribution in [-0.2, 0) is 32.8 Å². The highest BCUT2D eigenvalue weighted by molar-refractivity contribution is 5.79. The first kappa shape index (κ1) is 35.9. The molecule has 46 heavy (non-hydrogen) atoms. The Labute approximate surface area is 258 Å². The Morgan fingerprint density at radius 1 is 0.870 bits per heavy atom. The highest BCUT2D eigenvalue weighted by Gasteiger charge is 2.45. The second kappa shape index (κ2) is 15.2. The van der Waals surface area contributed by atoms with Gasteiger partial charge < -0.3 is 15.5 Å². The molecule has 2 aromatic carbocycles. The van der Waals surface area contributed by atoms with Crippen LogP contribution in [0.3, 0.4) is 0 Å². The molecule has 0 radical (unpaired) electrons. The molecule has 1 aliphatic heterocycles. The van der Waals surface area contributed by atoms with E-state index in [9.17, 15) is 35.5 Å². The highest BCUT2D eigenvalue weighted by atomic mass is 19.4. The Bertz CT molecular complexity index is 1470. The Kier molecular flexibility index (Phi) is 11.9. The van der Waals surface area contributed by atoms with Crippen LogP contribution in [-0.4, -0.2) is 63.4 Å². The molecule has 0 bridgehead atoms. The third-order valence-corrected chi connectivity index (χ3v) is 7.52. The van der Waals surface area contributed by atoms with Crippen LogP contribution in [0.15, 0.2) is 73.1 Å². The third-order valence-electron chi connectivity index (χ3n) is 7.52. The van der Waals surface area contributed by atoms with Crippen LogP contribution < -0.4 is 5.32 Å². The molecule has 1 amide bonds. The van der Waals surface area contributed by atoms with Crippen molar-refractivity contribution in [2.24, 2.45) is 0 Å². The average Bonchev–Trinajstić information content (AvgIpc) is 3.27. The molecule has 1 aliphatic carbocycles. The van der Waals surface area contributed by atoms with Gasteiger partial charge in [-0.15, -0.1) is 0 Å². The first-order valence-corrected chi connectivity index (χ1v) is 13.8. The van der Waals surface area contributed by atoms with Crippen LogP contribution in [0.1, 0.15) is 47.6 Å². The summed E-state index contributed by atoms with van der Waals surface area (Å²) in [4.78, 5) is 37.3. The third kappa shape index (κ3) is 10.3. The van der Waals surface area contributed by atoms with Crippen LogP contribution >= 0.6 is 0 Å². The average molecular weight is 658 g/mol. The van der Waals surface area contributed by atoms with Crippen LogP contribution in [0.4, 0.5) is 30.7 Å². The van der Waals surface area contributed by atoms with Crippen LogP contribution in [0, 0.1) is 5.82 Å². The van der Waals surface area contributed by atoms with Crippen molar-refractivity contribution in [2.45, 2.75) is 56.0 Å². The number of rotatable bonds is 5. The molecule has 2 aliphatic rings. The molecule has 15 heteroatoms. The molecule has 1 saturated heterocycles. The van der Waals surface area contributed by atoms with Crippen LogP contribution in [0.2, 0.25) is 0 Å². The van der Waals surface area contributed by atoms with Gasteiger partial charge >= 0.3 is 24.3 Å². The molecule has 2 heterocycles. The minimum absolute atomic E-state index is 0.0112. The number of aromatic nitrogens is 1. The molecule has 1 spiro atoms. The second-order valence-electron chi connectivity index (χ2n) is 10.7. The van der Waals surface area contributed by atoms with Gasteiger partial charge in [-0.2, -0.15) is 26.3 Å². The van der Waals surface area contributed by atoms with Gasteiger partial charge in [-0.25, -0.2) is 14.0 Å². The number of nitrogens with zero attached hydrogens (tertiary/aromatic N) is 2. The zero-order valence-corrected chi connectivity index (χ0v) is 24.1. The number of aliphatic carboxylic acids is 2. The number of nitrogens with one attached hydrogen (secondary N) is 1. The fourth-order valence-corrected chi connectivity index (χ4v) is 5.46. The smallest absolute Gasteiger partial charge is 0.475 e. The Balaban J connectivity index is 0.000000345. The summed E-state index contributed by atoms with van der Waals surface area (Å²) < 4.78 is 77.0. The topological polar surface area (TPSA) is 120 Å². The van der Waals surface area contributed by atoms with E-state index in [1.807, 2.05) is 18.5 Å². The molecule has 1 fully saturated rings. The minimum atomic E-state index is -5.08. The predicted octanol–water partition coefficient (Wildman–Crippen LogP) is 5.82. The molecule has 1 unspecified atom stereocenters. The maximum absolute atomic E-state index is 13.5. The number of pyridine rings is 1. The summed E-state index contributed by atoms with van der Waals surface area (Å²) in [5, 5.41) is 17.5. The van der Waals surface area contributed by atoms with E-state index < -0.39 is 24.3 Å². The molecule has 248 valence electrons. The quantitative estimate of drug-likeness (QED) is 0.296. The number of likely N-dealkylation sites (tertiary alicyclic amines) is 1. The number of halogens is 7. The van der Waals surface area contributed by atoms with E-state index in [-0.39, 0.29) is 29.6 Å². The standard InChI is InChI=1S/C27H28FN3O.2C2HF3O2/c28-22-7-3-5-20(15-22)16-26(32)30-25-17-27(24-9-2-1-8-23(24)25)10-13-31(14-11-27)19-21-6-4-12-29-18-21;2*3-2(4,5)1(6)7/h1-9,12,15,18,25H,10-11,13-14,16-17,19H2,(H,30,32);2*(H,6,7). The Morgan fingerprint density at radius 3 is 2.00 bits per heavy atom. The largest absolute Gasteiger partial charge is 0.490 e. The number of piperidine rings is 1. The van der Waals surface area contributed by atoms with Crippen molar-refractivity contribution in [3.8, 4) is 0 Å². The molecule has 1 atom stereocenters. The van der Waals surface area contributed by atoms with Gasteiger partial charge in [0.1, 0.15) is 5.82 Å². The summed E-state index contributed by atoms with van der Waals surface area (Å²) >= 11 is 0. The van der Waals surface area contributed by atoms with E-state index in [2.05, 4.69) is 45.5 Å². The molecule has 8 nitrogen and oxygen atoms in total. The van der Waals surface area contributed by atoms with Crippen molar-refractivity contribution < 1.29 is 55.3 Å². The second-order valence-corrected chi connectivity index (χ2v) is 10.7. The zero-order chi connectivity index (χ0) is 34.1. The van der Waals surface area contributed by atoms with Crippen LogP contribution in [0.5, 0.6) is 0 Å². The Hall–Kier alpha value is -4.53. The van der Waals surface area contributed by atoms with E-state index in [1.165, 1.54) is 28.8 Å². The van der Waals surface area contributed by atoms with E-state index in [0.717, 1.165) is 38.9 Å². The lowest BCUT2D eigenvalue weighted by atomic mass is 9.73. The zero-order valence-electron chi connectivity index (χ0n) is 24.1. The number of carbonyl (C=O) groups is 3. The molecule has 3 N–H and O–H groups in total. The SMILES string of the molecule is O=C(Cc1cccc(F)c1)NC1CC2(CCN(Cc3cccnc3)CC2)c2ccccc21.O=C(O)C(F)(F)F.O=C(O)C(F)(F)F. The fourth-order valence-electron chi connectivity index (χ4n) is 5.46. The van der Waals surface area contributed by atoms with Gasteiger partial charge in [0.05, 0.1) is 12.5 Å². The van der Waals surface area contributed by atoms with Gasteiger partial charge in [-0.05, 0) is 72.8 Å². The van der Waals surface area contributed by atoms with Crippen molar-refractivity contribution in [2.75, 3.05) is 13.1 Å². The molecule has 1 aromatic heterocycles. The summed E-state index contributed by atoms with van der Waals surface area (Å²) in [6.07, 6.45) is -3.11. The molecule has 5 rings (SSSR count). The summed E-state index contributed by atoms with van der Waals surface area (Å²) in [6.45, 7) is 3.00. The van der Waals surface area contributed by atoms with Gasteiger partial charge in [0.25, 0.3) is 0 Å². The van der Waals surface area contributed by atoms with Crippen LogP contribution in [0.25, 0.3) is 0 Å². The number of carboxylic acids is 2. The van der Waals surface area contributed by atoms with Gasteiger partial charge in [-0.3, -0.25) is 14.7 Å². The molecule has 3 aromatic rings. The van der Waals surface area contributed by atoms with Crippen molar-refractivity contribution in [1.82, 2.24) is 15.2 Å². The fraction of sp³-hybridized carbons (Fsp3) is 0.355. The summed E-state index contributed by atoms with van der Waals surface area (Å²) in [7, 11) is 0. The van der Waals surface area contributed by atoms with E-state index in [0.29, 0.717) is 5.56 Å². The lowest BCUT2D eigenvalue weighted by Crippen LogP contribution is -2.41.